The van der Waals surface area contributed by atoms with Crippen LogP contribution in [0.5, 0.6) is 0 Å². The van der Waals surface area contributed by atoms with Crippen molar-refractivity contribution in [2.24, 2.45) is 5.92 Å². The number of amides is 1. The lowest BCUT2D eigenvalue weighted by atomic mass is 10.1. The summed E-state index contributed by atoms with van der Waals surface area (Å²) in [7, 11) is -2.99. The van der Waals surface area contributed by atoms with Crippen LogP contribution in [-0.4, -0.2) is 48.3 Å². The Morgan fingerprint density at radius 3 is 2.90 bits per heavy atom. The van der Waals surface area contributed by atoms with Crippen LogP contribution in [0, 0.1) is 12.8 Å². The Labute approximate surface area is 126 Å². The second-order valence-corrected chi connectivity index (χ2v) is 9.43. The molecule has 6 nitrogen and oxygen atoms in total. The van der Waals surface area contributed by atoms with E-state index < -0.39 is 9.84 Å². The fraction of sp³-hybridized carbons (Fsp3) is 0.727. The number of aromatic nitrogens is 2. The molecule has 0 spiro atoms. The maximum absolute atomic E-state index is 11.8. The first-order valence-electron chi connectivity index (χ1n) is 6.37. The van der Waals surface area contributed by atoms with Crippen LogP contribution in [0.3, 0.4) is 0 Å². The van der Waals surface area contributed by atoms with E-state index in [-0.39, 0.29) is 23.3 Å². The molecule has 1 aromatic heterocycles. The minimum atomic E-state index is -2.99. The first-order chi connectivity index (χ1) is 9.46. The molecule has 1 saturated heterocycles. The van der Waals surface area contributed by atoms with Crippen molar-refractivity contribution in [3.63, 3.8) is 0 Å². The first-order valence-corrected chi connectivity index (χ1v) is 10.00. The standard InChI is InChI=1S/C11H17N3O3S3/c1-8-13-14-11(19-8)18-5-2-4-12-10(15)9-3-6-20(16,17)7-9/h9H,2-7H2,1H3,(H,12,15)/t9-/m0/s1. The fourth-order valence-corrected chi connectivity index (χ4v) is 5.49. The molecule has 20 heavy (non-hydrogen) atoms. The van der Waals surface area contributed by atoms with E-state index in [4.69, 9.17) is 0 Å². The summed E-state index contributed by atoms with van der Waals surface area (Å²) in [6.07, 6.45) is 1.28. The van der Waals surface area contributed by atoms with Crippen molar-refractivity contribution < 1.29 is 13.2 Å². The zero-order chi connectivity index (χ0) is 14.6. The molecule has 1 fully saturated rings. The zero-order valence-electron chi connectivity index (χ0n) is 11.2. The minimum Gasteiger partial charge on any atom is -0.356 e. The Hall–Kier alpha value is -0.670. The number of thioether (sulfide) groups is 1. The lowest BCUT2D eigenvalue weighted by Crippen LogP contribution is -2.32. The van der Waals surface area contributed by atoms with Crippen LogP contribution in [0.25, 0.3) is 0 Å². The van der Waals surface area contributed by atoms with Crippen LogP contribution in [-0.2, 0) is 14.6 Å². The first kappa shape index (κ1) is 15.7. The average Bonchev–Trinajstić information content (AvgIpc) is 2.94. The largest absolute Gasteiger partial charge is 0.356 e. The molecule has 1 N–H and O–H groups in total. The molecule has 2 rings (SSSR count). The van der Waals surface area contributed by atoms with E-state index in [0.29, 0.717) is 13.0 Å². The third-order valence-electron chi connectivity index (χ3n) is 2.96. The van der Waals surface area contributed by atoms with Gasteiger partial charge in [0.1, 0.15) is 5.01 Å². The molecule has 0 unspecified atom stereocenters. The Morgan fingerprint density at radius 2 is 2.30 bits per heavy atom. The summed E-state index contributed by atoms with van der Waals surface area (Å²) in [4.78, 5) is 11.8. The Kier molecular flexibility index (Phi) is 5.39. The topological polar surface area (TPSA) is 89.0 Å². The van der Waals surface area contributed by atoms with Crippen LogP contribution in [0.4, 0.5) is 0 Å². The average molecular weight is 335 g/mol. The molecule has 1 aliphatic rings. The summed E-state index contributed by atoms with van der Waals surface area (Å²) in [6.45, 7) is 2.48. The highest BCUT2D eigenvalue weighted by atomic mass is 32.2. The van der Waals surface area contributed by atoms with E-state index in [0.717, 1.165) is 21.5 Å². The third kappa shape index (κ3) is 4.71. The van der Waals surface area contributed by atoms with Gasteiger partial charge < -0.3 is 5.32 Å². The smallest absolute Gasteiger partial charge is 0.224 e. The van der Waals surface area contributed by atoms with E-state index in [1.54, 1.807) is 23.1 Å². The normalized spacial score (nSPS) is 20.9. The Morgan fingerprint density at radius 1 is 1.50 bits per heavy atom. The van der Waals surface area contributed by atoms with Gasteiger partial charge in [-0.1, -0.05) is 23.1 Å². The summed E-state index contributed by atoms with van der Waals surface area (Å²) < 4.78 is 23.5. The highest BCUT2D eigenvalue weighted by molar-refractivity contribution is 8.01. The van der Waals surface area contributed by atoms with E-state index in [9.17, 15) is 13.2 Å². The van der Waals surface area contributed by atoms with Gasteiger partial charge in [0.05, 0.1) is 17.4 Å². The number of hydrogen-bond donors (Lipinski definition) is 1. The van der Waals surface area contributed by atoms with Crippen molar-refractivity contribution in [3.05, 3.63) is 5.01 Å². The van der Waals surface area contributed by atoms with Gasteiger partial charge in [0, 0.05) is 12.3 Å². The lowest BCUT2D eigenvalue weighted by Gasteiger charge is -2.08. The quantitative estimate of drug-likeness (QED) is 0.613. The monoisotopic (exact) mass is 335 g/mol. The SMILES string of the molecule is Cc1nnc(SCCCNC(=O)[C@H]2CCS(=O)(=O)C2)s1. The molecule has 0 bridgehead atoms. The highest BCUT2D eigenvalue weighted by Gasteiger charge is 2.32. The van der Waals surface area contributed by atoms with Gasteiger partial charge >= 0.3 is 0 Å². The predicted octanol–water partition coefficient (Wildman–Crippen LogP) is 0.880. The number of carbonyl (C=O) groups excluding carboxylic acids is 1. The van der Waals surface area contributed by atoms with Gasteiger partial charge in [-0.2, -0.15) is 0 Å². The van der Waals surface area contributed by atoms with Gasteiger partial charge in [0.15, 0.2) is 14.2 Å². The molecule has 0 aliphatic carbocycles. The van der Waals surface area contributed by atoms with Crippen LogP contribution < -0.4 is 5.32 Å². The molecule has 0 radical (unpaired) electrons. The number of sulfone groups is 1. The predicted molar refractivity (Wildman–Crippen MR) is 79.8 cm³/mol. The van der Waals surface area contributed by atoms with E-state index in [1.165, 1.54) is 0 Å². The van der Waals surface area contributed by atoms with Crippen molar-refractivity contribution >= 4 is 38.8 Å². The Bertz CT molecular complexity index is 570. The van der Waals surface area contributed by atoms with Gasteiger partial charge in [-0.25, -0.2) is 8.42 Å². The number of nitrogens with one attached hydrogen (secondary N) is 1. The van der Waals surface area contributed by atoms with Crippen molar-refractivity contribution in [2.45, 2.75) is 24.1 Å². The van der Waals surface area contributed by atoms with Gasteiger partial charge in [-0.3, -0.25) is 4.79 Å². The summed E-state index contributed by atoms with van der Waals surface area (Å²) in [5.41, 5.74) is 0. The molecular weight excluding hydrogens is 318 g/mol. The summed E-state index contributed by atoms with van der Waals surface area (Å²) in [5.74, 6) is 0.494. The summed E-state index contributed by atoms with van der Waals surface area (Å²) >= 11 is 3.18. The number of nitrogens with zero attached hydrogens (tertiary/aromatic N) is 2. The molecular formula is C11H17N3O3S3. The second kappa shape index (κ2) is 6.86. The van der Waals surface area contributed by atoms with Gasteiger partial charge in [-0.15, -0.1) is 10.2 Å². The number of hydrogen-bond acceptors (Lipinski definition) is 7. The third-order valence-corrected chi connectivity index (χ3v) is 6.78. The number of aryl methyl sites for hydroxylation is 1. The maximum Gasteiger partial charge on any atom is 0.224 e. The molecule has 1 amide bonds. The van der Waals surface area contributed by atoms with Gasteiger partial charge in [-0.05, 0) is 19.8 Å². The molecule has 112 valence electrons. The van der Waals surface area contributed by atoms with Crippen molar-refractivity contribution in [1.82, 2.24) is 15.5 Å². The zero-order valence-corrected chi connectivity index (χ0v) is 13.6. The van der Waals surface area contributed by atoms with Crippen molar-refractivity contribution in [2.75, 3.05) is 23.8 Å². The highest BCUT2D eigenvalue weighted by Crippen LogP contribution is 2.22. The number of rotatable bonds is 6. The fourth-order valence-electron chi connectivity index (χ4n) is 1.93. The van der Waals surface area contributed by atoms with Crippen LogP contribution in [0.15, 0.2) is 4.34 Å². The number of carbonyl (C=O) groups is 1. The molecule has 2 heterocycles. The Balaban J connectivity index is 1.60. The minimum absolute atomic E-state index is 0.00234. The molecule has 0 saturated carbocycles. The maximum atomic E-state index is 11.8. The molecule has 0 aromatic carbocycles. The van der Waals surface area contributed by atoms with Gasteiger partial charge in [0.2, 0.25) is 5.91 Å². The van der Waals surface area contributed by atoms with Crippen LogP contribution >= 0.6 is 23.1 Å². The lowest BCUT2D eigenvalue weighted by molar-refractivity contribution is -0.124. The molecule has 1 aromatic rings. The van der Waals surface area contributed by atoms with E-state index >= 15 is 0 Å². The van der Waals surface area contributed by atoms with Gasteiger partial charge in [0.25, 0.3) is 0 Å². The molecule has 1 atom stereocenters. The molecule has 9 heteroatoms. The van der Waals surface area contributed by atoms with Crippen molar-refractivity contribution in [3.8, 4) is 0 Å². The summed E-state index contributed by atoms with van der Waals surface area (Å²) in [5, 5.41) is 11.7. The van der Waals surface area contributed by atoms with E-state index in [2.05, 4.69) is 15.5 Å². The second-order valence-electron chi connectivity index (χ2n) is 4.68. The van der Waals surface area contributed by atoms with Crippen LogP contribution in [0.1, 0.15) is 17.8 Å². The van der Waals surface area contributed by atoms with Crippen LogP contribution in [0.2, 0.25) is 0 Å². The molecule has 1 aliphatic heterocycles. The van der Waals surface area contributed by atoms with Crippen molar-refractivity contribution in [1.29, 1.82) is 0 Å². The van der Waals surface area contributed by atoms with E-state index in [1.807, 2.05) is 6.92 Å². The summed E-state index contributed by atoms with van der Waals surface area (Å²) in [6, 6.07) is 0.